The maximum Gasteiger partial charge on any atom is 0.410 e. The third-order valence-corrected chi connectivity index (χ3v) is 6.24. The second kappa shape index (κ2) is 9.08. The van der Waals surface area contributed by atoms with Crippen LogP contribution in [0.15, 0.2) is 42.5 Å². The molecule has 7 nitrogen and oxygen atoms in total. The quantitative estimate of drug-likeness (QED) is 0.696. The number of carbonyl (C=O) groups is 3. The van der Waals surface area contributed by atoms with Crippen molar-refractivity contribution in [1.82, 2.24) is 4.90 Å². The summed E-state index contributed by atoms with van der Waals surface area (Å²) in [6, 6.07) is 11.6. The molecule has 4 rings (SSSR count). The van der Waals surface area contributed by atoms with Crippen molar-refractivity contribution in [3.8, 4) is 0 Å². The molecule has 0 bridgehead atoms. The van der Waals surface area contributed by atoms with E-state index in [1.54, 1.807) is 26.8 Å². The number of carboxylic acid groups (broad SMARTS) is 1. The lowest BCUT2D eigenvalue weighted by Crippen LogP contribution is -2.36. The zero-order chi connectivity index (χ0) is 24.6. The Bertz CT molecular complexity index is 1130. The molecule has 2 aliphatic rings. The largest absolute Gasteiger partial charge is 0.481 e. The predicted molar refractivity (Wildman–Crippen MR) is 124 cm³/mol. The molecular formula is C26H29FN2O5. The number of aliphatic carboxylic acids is 1. The minimum Gasteiger partial charge on any atom is -0.481 e. The van der Waals surface area contributed by atoms with Gasteiger partial charge in [0.25, 0.3) is 0 Å². The van der Waals surface area contributed by atoms with Crippen LogP contribution in [0.1, 0.15) is 38.3 Å². The van der Waals surface area contributed by atoms with Crippen molar-refractivity contribution in [2.75, 3.05) is 18.0 Å². The van der Waals surface area contributed by atoms with Crippen molar-refractivity contribution >= 4 is 29.3 Å². The van der Waals surface area contributed by atoms with Crippen molar-refractivity contribution < 1.29 is 28.6 Å². The van der Waals surface area contributed by atoms with Gasteiger partial charge in [0.2, 0.25) is 5.91 Å². The van der Waals surface area contributed by atoms with Crippen molar-refractivity contribution in [1.29, 1.82) is 0 Å². The van der Waals surface area contributed by atoms with Gasteiger partial charge < -0.3 is 14.7 Å². The molecule has 0 unspecified atom stereocenters. The zero-order valence-electron chi connectivity index (χ0n) is 19.6. The number of para-hydroxylation sites is 1. The number of ether oxygens (including phenoxy) is 1. The SMILES string of the molecule is CC(C)(C)OC(=O)N1CC[C@H]([C@H](Cc2cc(F)cc(N3C(=O)Cc4ccccc43)c2)C(=O)O)C1. The Hall–Kier alpha value is -3.42. The zero-order valence-corrected chi connectivity index (χ0v) is 19.6. The predicted octanol–water partition coefficient (Wildman–Crippen LogP) is 4.55. The highest BCUT2D eigenvalue weighted by molar-refractivity contribution is 6.07. The van der Waals surface area contributed by atoms with Crippen LogP contribution in [-0.2, 0) is 27.2 Å². The molecule has 180 valence electrons. The fourth-order valence-electron chi connectivity index (χ4n) is 4.74. The van der Waals surface area contributed by atoms with Crippen LogP contribution in [0.4, 0.5) is 20.6 Å². The van der Waals surface area contributed by atoms with Crippen LogP contribution in [0.25, 0.3) is 0 Å². The Labute approximate surface area is 198 Å². The smallest absolute Gasteiger partial charge is 0.410 e. The molecule has 1 saturated heterocycles. The number of benzene rings is 2. The second-order valence-corrected chi connectivity index (χ2v) is 9.98. The van der Waals surface area contributed by atoms with E-state index < -0.39 is 29.4 Å². The Morgan fingerprint density at radius 3 is 2.65 bits per heavy atom. The molecule has 2 heterocycles. The van der Waals surface area contributed by atoms with E-state index in [2.05, 4.69) is 0 Å². The number of hydrogen-bond acceptors (Lipinski definition) is 4. The summed E-state index contributed by atoms with van der Waals surface area (Å²) in [6.07, 6.45) is 0.397. The Balaban J connectivity index is 1.53. The van der Waals surface area contributed by atoms with Crippen molar-refractivity contribution in [2.45, 2.75) is 45.6 Å². The molecule has 2 atom stereocenters. The summed E-state index contributed by atoms with van der Waals surface area (Å²) < 4.78 is 20.0. The second-order valence-electron chi connectivity index (χ2n) is 9.98. The number of likely N-dealkylation sites (tertiary alicyclic amines) is 1. The van der Waals surface area contributed by atoms with Gasteiger partial charge in [-0.15, -0.1) is 0 Å². The van der Waals surface area contributed by atoms with Gasteiger partial charge in [-0.3, -0.25) is 14.5 Å². The molecule has 2 aliphatic heterocycles. The molecule has 8 heteroatoms. The average molecular weight is 469 g/mol. The summed E-state index contributed by atoms with van der Waals surface area (Å²) in [4.78, 5) is 40.2. The van der Waals surface area contributed by atoms with Gasteiger partial charge in [-0.1, -0.05) is 18.2 Å². The molecule has 0 saturated carbocycles. The number of rotatable bonds is 5. The number of carboxylic acids is 1. The third kappa shape index (κ3) is 5.05. The van der Waals surface area contributed by atoms with E-state index in [1.165, 1.54) is 21.9 Å². The minimum absolute atomic E-state index is 0.0938. The Morgan fingerprint density at radius 2 is 1.94 bits per heavy atom. The van der Waals surface area contributed by atoms with Crippen LogP contribution in [0.5, 0.6) is 0 Å². The molecule has 1 fully saturated rings. The van der Waals surface area contributed by atoms with Crippen LogP contribution < -0.4 is 4.90 Å². The maximum atomic E-state index is 14.6. The van der Waals surface area contributed by atoms with Crippen molar-refractivity contribution in [3.63, 3.8) is 0 Å². The van der Waals surface area contributed by atoms with Crippen LogP contribution >= 0.6 is 0 Å². The van der Waals surface area contributed by atoms with E-state index in [0.29, 0.717) is 29.9 Å². The van der Waals surface area contributed by atoms with E-state index in [1.807, 2.05) is 24.3 Å². The molecule has 2 aromatic carbocycles. The number of amides is 2. The molecule has 2 aromatic rings. The summed E-state index contributed by atoms with van der Waals surface area (Å²) in [5.74, 6) is -2.77. The van der Waals surface area contributed by atoms with E-state index >= 15 is 0 Å². The number of fused-ring (bicyclic) bond motifs is 1. The van der Waals surface area contributed by atoms with Gasteiger partial charge in [0.1, 0.15) is 11.4 Å². The van der Waals surface area contributed by atoms with Crippen molar-refractivity contribution in [3.05, 3.63) is 59.4 Å². The van der Waals surface area contributed by atoms with Crippen LogP contribution in [0, 0.1) is 17.7 Å². The molecule has 34 heavy (non-hydrogen) atoms. The third-order valence-electron chi connectivity index (χ3n) is 6.24. The van der Waals surface area contributed by atoms with Crippen LogP contribution in [-0.4, -0.2) is 46.7 Å². The molecule has 1 N–H and O–H groups in total. The molecule has 0 aliphatic carbocycles. The molecule has 2 amide bonds. The number of anilines is 2. The van der Waals surface area contributed by atoms with Gasteiger partial charge in [-0.25, -0.2) is 9.18 Å². The van der Waals surface area contributed by atoms with Gasteiger partial charge in [0.05, 0.1) is 23.7 Å². The first-order valence-electron chi connectivity index (χ1n) is 11.4. The average Bonchev–Trinajstić information content (AvgIpc) is 3.34. The molecule has 0 spiro atoms. The van der Waals surface area contributed by atoms with Crippen LogP contribution in [0.2, 0.25) is 0 Å². The maximum absolute atomic E-state index is 14.6. The lowest BCUT2D eigenvalue weighted by atomic mass is 9.86. The lowest BCUT2D eigenvalue weighted by molar-refractivity contribution is -0.143. The fraction of sp³-hybridized carbons (Fsp3) is 0.423. The Morgan fingerprint density at radius 1 is 1.21 bits per heavy atom. The summed E-state index contributed by atoms with van der Waals surface area (Å²) in [5, 5.41) is 9.94. The van der Waals surface area contributed by atoms with E-state index in [4.69, 9.17) is 4.74 Å². The number of carbonyl (C=O) groups excluding carboxylic acids is 2. The summed E-state index contributed by atoms with van der Waals surface area (Å²) in [6.45, 7) is 6.03. The first-order chi connectivity index (χ1) is 16.0. The standard InChI is InChI=1S/C26H29FN2O5/c1-26(2,3)34-25(33)28-9-8-18(15-28)21(24(31)32)12-16-10-19(27)14-20(11-16)29-22-7-5-4-6-17(22)13-23(29)30/h4-7,10-11,14,18,21H,8-9,12-13,15H2,1-3H3,(H,31,32)/t18-,21-/m0/s1. The minimum atomic E-state index is -0.996. The summed E-state index contributed by atoms with van der Waals surface area (Å²) in [5.41, 5.74) is 1.83. The van der Waals surface area contributed by atoms with Crippen molar-refractivity contribution in [2.24, 2.45) is 11.8 Å². The molecule has 0 radical (unpaired) electrons. The lowest BCUT2D eigenvalue weighted by Gasteiger charge is -2.25. The monoisotopic (exact) mass is 468 g/mol. The summed E-state index contributed by atoms with van der Waals surface area (Å²) >= 11 is 0. The van der Waals surface area contributed by atoms with Crippen LogP contribution in [0.3, 0.4) is 0 Å². The number of halogens is 1. The highest BCUT2D eigenvalue weighted by Gasteiger charge is 2.37. The van der Waals surface area contributed by atoms with E-state index in [9.17, 15) is 23.9 Å². The van der Waals surface area contributed by atoms with Gasteiger partial charge >= 0.3 is 12.1 Å². The highest BCUT2D eigenvalue weighted by Crippen LogP contribution is 2.37. The van der Waals surface area contributed by atoms with Gasteiger partial charge in [0.15, 0.2) is 0 Å². The van der Waals surface area contributed by atoms with E-state index in [0.717, 1.165) is 5.56 Å². The van der Waals surface area contributed by atoms with Gasteiger partial charge in [-0.05, 0) is 74.9 Å². The fourth-order valence-corrected chi connectivity index (χ4v) is 4.74. The topological polar surface area (TPSA) is 87.2 Å². The Kier molecular flexibility index (Phi) is 6.34. The number of nitrogens with zero attached hydrogens (tertiary/aromatic N) is 2. The highest BCUT2D eigenvalue weighted by atomic mass is 19.1. The number of hydrogen-bond donors (Lipinski definition) is 1. The molecular weight excluding hydrogens is 439 g/mol. The first-order valence-corrected chi connectivity index (χ1v) is 11.4. The van der Waals surface area contributed by atoms with Gasteiger partial charge in [-0.2, -0.15) is 0 Å². The molecule has 0 aromatic heterocycles. The first kappa shape index (κ1) is 23.7. The van der Waals surface area contributed by atoms with E-state index in [-0.39, 0.29) is 31.2 Å². The summed E-state index contributed by atoms with van der Waals surface area (Å²) in [7, 11) is 0. The normalized spacial score (nSPS) is 18.7. The van der Waals surface area contributed by atoms with Gasteiger partial charge in [0, 0.05) is 13.1 Å².